The molecule has 6 heteroatoms. The van der Waals surface area contributed by atoms with Gasteiger partial charge in [0.25, 0.3) is 0 Å². The molecule has 0 amide bonds. The molecule has 0 aromatic heterocycles. The van der Waals surface area contributed by atoms with Crippen molar-refractivity contribution in [3.63, 3.8) is 0 Å². The lowest BCUT2D eigenvalue weighted by molar-refractivity contribution is 0.0200. The fourth-order valence-corrected chi connectivity index (χ4v) is 2.25. The lowest BCUT2D eigenvalue weighted by atomic mass is 10.0. The van der Waals surface area contributed by atoms with Crippen LogP contribution in [0.4, 0.5) is 0 Å². The molecule has 0 atom stereocenters. The molecular weight excluding hydrogens is 312 g/mol. The minimum Gasteiger partial charge on any atom is -0.466 e. The Balaban J connectivity index is 2.59. The van der Waals surface area contributed by atoms with Gasteiger partial charge in [-0.05, 0) is 31.4 Å². The van der Waals surface area contributed by atoms with Crippen molar-refractivity contribution in [2.45, 2.75) is 13.8 Å². The predicted octanol–water partition coefficient (Wildman–Crippen LogP) is 3.21. The van der Waals surface area contributed by atoms with Crippen LogP contribution in [0.15, 0.2) is 24.3 Å². The van der Waals surface area contributed by atoms with E-state index >= 15 is 0 Å². The third-order valence-electron chi connectivity index (χ3n) is 3.39. The van der Waals surface area contributed by atoms with Gasteiger partial charge in [-0.25, -0.2) is 0 Å². The highest BCUT2D eigenvalue weighted by atomic mass is 16.7. The number of hydrogen-bond donors (Lipinski definition) is 0. The third kappa shape index (κ3) is 3.90. The van der Waals surface area contributed by atoms with Crippen LogP contribution in [0.2, 0.25) is 0 Å². The Labute approximate surface area is 140 Å². The first-order chi connectivity index (χ1) is 11.8. The summed E-state index contributed by atoms with van der Waals surface area (Å²) < 4.78 is 21.7. The highest BCUT2D eigenvalue weighted by Gasteiger charge is 2.17. The zero-order valence-electron chi connectivity index (χ0n) is 13.7. The van der Waals surface area contributed by atoms with Crippen molar-refractivity contribution >= 4 is 23.3 Å². The largest absolute Gasteiger partial charge is 0.466 e. The van der Waals surface area contributed by atoms with Crippen molar-refractivity contribution in [2.24, 2.45) is 0 Å². The molecule has 0 spiro atoms. The van der Waals surface area contributed by atoms with Gasteiger partial charge in [0, 0.05) is 13.2 Å². The van der Waals surface area contributed by atoms with Gasteiger partial charge in [-0.15, -0.1) is 0 Å². The Kier molecular flexibility index (Phi) is 6.72. The molecule has 0 aliphatic carbocycles. The van der Waals surface area contributed by atoms with Gasteiger partial charge in [-0.1, -0.05) is 12.1 Å². The average molecular weight is 332 g/mol. The van der Waals surface area contributed by atoms with Crippen molar-refractivity contribution in [3.8, 4) is 11.5 Å². The Morgan fingerprint density at radius 2 is 1.25 bits per heavy atom. The molecular formula is C18H20O6. The molecule has 0 saturated carbocycles. The Bertz CT molecular complexity index is 653. The minimum absolute atomic E-state index is 0.00727. The molecule has 0 unspecified atom stereocenters. The summed E-state index contributed by atoms with van der Waals surface area (Å²) in [5, 5.41) is 1.33. The van der Waals surface area contributed by atoms with E-state index in [9.17, 15) is 9.59 Å². The molecule has 0 aliphatic heterocycles. The van der Waals surface area contributed by atoms with E-state index in [1.165, 1.54) is 0 Å². The lowest BCUT2D eigenvalue weighted by Gasteiger charge is -2.16. The van der Waals surface area contributed by atoms with Gasteiger partial charge in [0.15, 0.2) is 26.2 Å². The summed E-state index contributed by atoms with van der Waals surface area (Å²) in [6.45, 7) is 4.63. The van der Waals surface area contributed by atoms with Crippen LogP contribution >= 0.6 is 0 Å². The molecule has 0 saturated heterocycles. The summed E-state index contributed by atoms with van der Waals surface area (Å²) in [7, 11) is 0. The van der Waals surface area contributed by atoms with Gasteiger partial charge in [-0.3, -0.25) is 9.59 Å². The third-order valence-corrected chi connectivity index (χ3v) is 3.39. The minimum atomic E-state index is -0.00727. The van der Waals surface area contributed by atoms with Gasteiger partial charge >= 0.3 is 0 Å². The van der Waals surface area contributed by atoms with E-state index in [0.29, 0.717) is 53.8 Å². The monoisotopic (exact) mass is 332 g/mol. The zero-order valence-corrected chi connectivity index (χ0v) is 13.7. The number of carbonyl (C=O) groups is 2. The molecule has 0 aliphatic rings. The van der Waals surface area contributed by atoms with Crippen molar-refractivity contribution in [3.05, 3.63) is 35.4 Å². The molecule has 0 N–H and O–H groups in total. The number of fused-ring (bicyclic) bond motifs is 1. The summed E-state index contributed by atoms with van der Waals surface area (Å²) >= 11 is 0. The fourth-order valence-electron chi connectivity index (χ4n) is 2.25. The van der Waals surface area contributed by atoms with Crippen molar-refractivity contribution in [1.82, 2.24) is 0 Å². The number of carbonyl (C=O) groups excluding carboxylic acids is 2. The van der Waals surface area contributed by atoms with Crippen molar-refractivity contribution in [2.75, 3.05) is 26.8 Å². The molecule has 0 fully saturated rings. The second kappa shape index (κ2) is 9.00. The van der Waals surface area contributed by atoms with Crippen LogP contribution in [-0.2, 0) is 9.47 Å². The zero-order chi connectivity index (χ0) is 17.4. The van der Waals surface area contributed by atoms with Crippen molar-refractivity contribution in [1.29, 1.82) is 0 Å². The number of hydrogen-bond acceptors (Lipinski definition) is 6. The van der Waals surface area contributed by atoms with E-state index < -0.39 is 0 Å². The number of rotatable bonds is 10. The van der Waals surface area contributed by atoms with Crippen LogP contribution in [0.25, 0.3) is 10.8 Å². The van der Waals surface area contributed by atoms with Gasteiger partial charge in [0.05, 0.1) is 16.5 Å². The maximum absolute atomic E-state index is 11.4. The maximum Gasteiger partial charge on any atom is 0.189 e. The summed E-state index contributed by atoms with van der Waals surface area (Å²) in [6.07, 6.45) is 1.39. The summed E-state index contributed by atoms with van der Waals surface area (Å²) in [4.78, 5) is 22.7. The van der Waals surface area contributed by atoms with Crippen LogP contribution < -0.4 is 9.47 Å². The van der Waals surface area contributed by atoms with Crippen LogP contribution in [0.1, 0.15) is 34.6 Å². The van der Waals surface area contributed by atoms with Crippen molar-refractivity contribution < 1.29 is 28.5 Å². The van der Waals surface area contributed by atoms with Gasteiger partial charge in [0.2, 0.25) is 0 Å². The first-order valence-corrected chi connectivity index (χ1v) is 7.67. The topological polar surface area (TPSA) is 71.1 Å². The van der Waals surface area contributed by atoms with E-state index in [-0.39, 0.29) is 13.6 Å². The molecule has 0 radical (unpaired) electrons. The van der Waals surface area contributed by atoms with Crippen LogP contribution in [0, 0.1) is 0 Å². The predicted molar refractivity (Wildman–Crippen MR) is 89.0 cm³/mol. The molecule has 2 rings (SSSR count). The Morgan fingerprint density at radius 1 is 0.792 bits per heavy atom. The van der Waals surface area contributed by atoms with E-state index in [2.05, 4.69) is 0 Å². The molecule has 2 aromatic rings. The van der Waals surface area contributed by atoms with Crippen LogP contribution in [0.3, 0.4) is 0 Å². The molecule has 0 bridgehead atoms. The SMILES string of the molecule is CCOCOc1c(C=O)ccc2ccc(C=O)c(OCOCC)c12. The quantitative estimate of drug-likeness (QED) is 0.378. The lowest BCUT2D eigenvalue weighted by Crippen LogP contribution is -2.08. The first-order valence-electron chi connectivity index (χ1n) is 7.67. The second-order valence-corrected chi connectivity index (χ2v) is 4.81. The average Bonchev–Trinajstić information content (AvgIpc) is 2.62. The van der Waals surface area contributed by atoms with Crippen LogP contribution in [0.5, 0.6) is 11.5 Å². The van der Waals surface area contributed by atoms with Crippen LogP contribution in [-0.4, -0.2) is 39.4 Å². The summed E-state index contributed by atoms with van der Waals surface area (Å²) in [5.74, 6) is 0.650. The molecule has 2 aromatic carbocycles. The van der Waals surface area contributed by atoms with E-state index in [0.717, 1.165) is 5.39 Å². The first kappa shape index (κ1) is 17.9. The fraction of sp³-hybridized carbons (Fsp3) is 0.333. The molecule has 24 heavy (non-hydrogen) atoms. The summed E-state index contributed by atoms with van der Waals surface area (Å²) in [5.41, 5.74) is 0.707. The molecule has 128 valence electrons. The number of ether oxygens (including phenoxy) is 4. The number of benzene rings is 2. The maximum atomic E-state index is 11.4. The van der Waals surface area contributed by atoms with Gasteiger partial charge < -0.3 is 18.9 Å². The smallest absolute Gasteiger partial charge is 0.189 e. The Hall–Kier alpha value is -2.44. The van der Waals surface area contributed by atoms with E-state index in [1.807, 2.05) is 13.8 Å². The second-order valence-electron chi connectivity index (χ2n) is 4.81. The molecule has 6 nitrogen and oxygen atoms in total. The number of aldehydes is 2. The normalized spacial score (nSPS) is 10.6. The highest BCUT2D eigenvalue weighted by molar-refractivity contribution is 6.03. The van der Waals surface area contributed by atoms with Gasteiger partial charge in [0.1, 0.15) is 11.5 Å². The highest BCUT2D eigenvalue weighted by Crippen LogP contribution is 2.38. The molecule has 0 heterocycles. The van der Waals surface area contributed by atoms with E-state index in [4.69, 9.17) is 18.9 Å². The Morgan fingerprint density at radius 3 is 1.62 bits per heavy atom. The van der Waals surface area contributed by atoms with E-state index in [1.54, 1.807) is 24.3 Å². The summed E-state index contributed by atoms with van der Waals surface area (Å²) in [6, 6.07) is 6.86. The standard InChI is InChI=1S/C18H20O6/c1-3-21-11-23-17-14(9-19)7-5-13-6-8-15(10-20)18(16(13)17)24-12-22-4-2/h5-10H,3-4,11-12H2,1-2H3. The van der Waals surface area contributed by atoms with Gasteiger partial charge in [-0.2, -0.15) is 0 Å².